The molecule has 4 heterocycles. The topological polar surface area (TPSA) is 56.0 Å². The Labute approximate surface area is 164 Å². The van der Waals surface area contributed by atoms with E-state index < -0.39 is 17.5 Å². The molecule has 29 heavy (non-hydrogen) atoms. The number of hydrogen-bond acceptors (Lipinski definition) is 3. The fourth-order valence-corrected chi connectivity index (χ4v) is 4.34. The van der Waals surface area contributed by atoms with Crippen molar-refractivity contribution in [2.24, 2.45) is 7.05 Å². The maximum absolute atomic E-state index is 13.7. The lowest BCUT2D eigenvalue weighted by Crippen LogP contribution is -2.37. The Morgan fingerprint density at radius 3 is 2.62 bits per heavy atom. The fraction of sp³-hybridized carbons (Fsp3) is 0.350. The summed E-state index contributed by atoms with van der Waals surface area (Å²) in [6.07, 6.45) is 3.99. The van der Waals surface area contributed by atoms with Crippen molar-refractivity contribution in [2.45, 2.75) is 32.4 Å². The number of hydrogen-bond donors (Lipinski definition) is 0. The monoisotopic (exact) mass is 401 g/mol. The predicted octanol–water partition coefficient (Wildman–Crippen LogP) is 2.85. The third-order valence-electron chi connectivity index (χ3n) is 5.68. The maximum Gasteiger partial charge on any atom is 0.272 e. The summed E-state index contributed by atoms with van der Waals surface area (Å²) >= 11 is 0. The van der Waals surface area contributed by atoms with E-state index in [2.05, 4.69) is 10.1 Å². The number of benzene rings is 1. The highest BCUT2D eigenvalue weighted by atomic mass is 19.2. The third kappa shape index (κ3) is 2.75. The van der Waals surface area contributed by atoms with Crippen molar-refractivity contribution in [2.75, 3.05) is 6.54 Å². The van der Waals surface area contributed by atoms with Crippen LogP contribution in [-0.4, -0.2) is 36.7 Å². The Kier molecular flexibility index (Phi) is 4.01. The van der Waals surface area contributed by atoms with Gasteiger partial charge in [0.25, 0.3) is 5.91 Å². The van der Waals surface area contributed by atoms with Gasteiger partial charge in [-0.1, -0.05) is 0 Å². The van der Waals surface area contributed by atoms with E-state index in [1.54, 1.807) is 18.1 Å². The smallest absolute Gasteiger partial charge is 0.272 e. The number of imidazole rings is 1. The molecular weight excluding hydrogens is 383 g/mol. The minimum Gasteiger partial charge on any atom is -0.331 e. The van der Waals surface area contributed by atoms with E-state index >= 15 is 0 Å². The first-order valence-corrected chi connectivity index (χ1v) is 9.47. The number of fused-ring (bicyclic) bond motifs is 2. The first kappa shape index (κ1) is 18.0. The lowest BCUT2D eigenvalue weighted by molar-refractivity contribution is 0.0721. The summed E-state index contributed by atoms with van der Waals surface area (Å²) in [5, 5.41) is 4.46. The van der Waals surface area contributed by atoms with E-state index in [1.807, 2.05) is 4.57 Å². The molecule has 9 heteroatoms. The van der Waals surface area contributed by atoms with Crippen LogP contribution < -0.4 is 0 Å². The van der Waals surface area contributed by atoms with Crippen LogP contribution in [0, 0.1) is 17.5 Å². The van der Waals surface area contributed by atoms with E-state index in [0.717, 1.165) is 42.9 Å². The van der Waals surface area contributed by atoms with Gasteiger partial charge >= 0.3 is 0 Å². The molecule has 0 atom stereocenters. The molecule has 2 aliphatic rings. The van der Waals surface area contributed by atoms with Gasteiger partial charge in [-0.25, -0.2) is 18.2 Å². The summed E-state index contributed by atoms with van der Waals surface area (Å²) in [6.45, 7) is 1.55. The van der Waals surface area contributed by atoms with Gasteiger partial charge in [-0.05, 0) is 25.0 Å². The van der Waals surface area contributed by atoms with Gasteiger partial charge in [0.1, 0.15) is 11.5 Å². The summed E-state index contributed by atoms with van der Waals surface area (Å²) in [5.74, 6) is -3.13. The summed E-state index contributed by atoms with van der Waals surface area (Å²) in [5.41, 5.74) is 2.84. The molecule has 0 unspecified atom stereocenters. The number of aryl methyl sites for hydroxylation is 2. The third-order valence-corrected chi connectivity index (χ3v) is 5.68. The minimum atomic E-state index is -1.49. The number of halogens is 3. The van der Waals surface area contributed by atoms with Crippen LogP contribution in [0.25, 0.3) is 11.3 Å². The second kappa shape index (κ2) is 6.47. The molecule has 0 radical (unpaired) electrons. The highest BCUT2D eigenvalue weighted by molar-refractivity contribution is 5.92. The van der Waals surface area contributed by atoms with Crippen LogP contribution in [0.1, 0.15) is 34.0 Å². The Morgan fingerprint density at radius 1 is 1.10 bits per heavy atom. The molecule has 0 saturated carbocycles. The van der Waals surface area contributed by atoms with Gasteiger partial charge in [-0.2, -0.15) is 5.10 Å². The van der Waals surface area contributed by atoms with E-state index in [4.69, 9.17) is 0 Å². The van der Waals surface area contributed by atoms with E-state index in [1.165, 1.54) is 4.68 Å². The molecule has 1 aromatic carbocycles. The van der Waals surface area contributed by atoms with Gasteiger partial charge in [0.2, 0.25) is 0 Å². The molecule has 2 aliphatic heterocycles. The van der Waals surface area contributed by atoms with Crippen molar-refractivity contribution in [1.82, 2.24) is 24.2 Å². The first-order chi connectivity index (χ1) is 13.9. The van der Waals surface area contributed by atoms with Gasteiger partial charge in [0.15, 0.2) is 17.5 Å². The van der Waals surface area contributed by atoms with Crippen molar-refractivity contribution in [3.63, 3.8) is 0 Å². The number of carbonyl (C=O) groups is 1. The zero-order valence-corrected chi connectivity index (χ0v) is 15.8. The molecule has 0 N–H and O–H groups in total. The largest absolute Gasteiger partial charge is 0.331 e. The molecule has 3 aromatic rings. The Morgan fingerprint density at radius 2 is 1.86 bits per heavy atom. The average molecular weight is 401 g/mol. The van der Waals surface area contributed by atoms with Gasteiger partial charge < -0.3 is 9.47 Å². The van der Waals surface area contributed by atoms with Crippen LogP contribution >= 0.6 is 0 Å². The summed E-state index contributed by atoms with van der Waals surface area (Å²) in [6, 6.07) is 1.95. The number of amides is 1. The SMILES string of the molecule is Cn1nc2c(c1-c1cc(F)c(F)c(F)c1)CCN(C(=O)c1cnc3n1CCC3)C2. The molecule has 2 aromatic heterocycles. The molecular formula is C20H18F3N5O. The molecule has 0 fully saturated rings. The highest BCUT2D eigenvalue weighted by Gasteiger charge is 2.30. The molecule has 6 nitrogen and oxygen atoms in total. The summed E-state index contributed by atoms with van der Waals surface area (Å²) < 4.78 is 44.3. The lowest BCUT2D eigenvalue weighted by atomic mass is 9.99. The zero-order chi connectivity index (χ0) is 20.3. The maximum atomic E-state index is 13.7. The molecule has 0 saturated heterocycles. The number of aromatic nitrogens is 4. The van der Waals surface area contributed by atoms with Gasteiger partial charge in [0, 0.05) is 37.7 Å². The second-order valence-electron chi connectivity index (χ2n) is 7.44. The summed E-state index contributed by atoms with van der Waals surface area (Å²) in [4.78, 5) is 19.1. The Bertz CT molecular complexity index is 1130. The van der Waals surface area contributed by atoms with Crippen molar-refractivity contribution >= 4 is 5.91 Å². The molecule has 1 amide bonds. The fourth-order valence-electron chi connectivity index (χ4n) is 4.34. The normalized spacial score (nSPS) is 15.5. The van der Waals surface area contributed by atoms with Crippen LogP contribution in [0.5, 0.6) is 0 Å². The number of nitrogens with zero attached hydrogens (tertiary/aromatic N) is 5. The molecule has 150 valence electrons. The van der Waals surface area contributed by atoms with Crippen LogP contribution in [0.3, 0.4) is 0 Å². The summed E-state index contributed by atoms with van der Waals surface area (Å²) in [7, 11) is 1.67. The predicted molar refractivity (Wildman–Crippen MR) is 97.5 cm³/mol. The van der Waals surface area contributed by atoms with Crippen molar-refractivity contribution in [1.29, 1.82) is 0 Å². The van der Waals surface area contributed by atoms with Gasteiger partial charge in [0.05, 0.1) is 24.1 Å². The van der Waals surface area contributed by atoms with Gasteiger partial charge in [-0.3, -0.25) is 9.48 Å². The van der Waals surface area contributed by atoms with Crippen LogP contribution in [0.4, 0.5) is 13.2 Å². The Balaban J connectivity index is 1.47. The molecule has 0 bridgehead atoms. The quantitative estimate of drug-likeness (QED) is 0.621. The highest BCUT2D eigenvalue weighted by Crippen LogP contribution is 2.32. The minimum absolute atomic E-state index is 0.0950. The molecule has 0 spiro atoms. The van der Waals surface area contributed by atoms with E-state index in [-0.39, 0.29) is 11.5 Å². The van der Waals surface area contributed by atoms with E-state index in [0.29, 0.717) is 36.6 Å². The van der Waals surface area contributed by atoms with Crippen molar-refractivity contribution in [3.05, 3.63) is 58.6 Å². The number of carbonyl (C=O) groups excluding carboxylic acids is 1. The zero-order valence-electron chi connectivity index (χ0n) is 15.8. The van der Waals surface area contributed by atoms with Crippen LogP contribution in [0.15, 0.2) is 18.3 Å². The average Bonchev–Trinajstić information content (AvgIpc) is 3.38. The first-order valence-electron chi connectivity index (χ1n) is 9.47. The molecule has 5 rings (SSSR count). The number of rotatable bonds is 2. The van der Waals surface area contributed by atoms with Gasteiger partial charge in [-0.15, -0.1) is 0 Å². The van der Waals surface area contributed by atoms with Crippen molar-refractivity contribution < 1.29 is 18.0 Å². The second-order valence-corrected chi connectivity index (χ2v) is 7.44. The van der Waals surface area contributed by atoms with E-state index in [9.17, 15) is 18.0 Å². The Hall–Kier alpha value is -3.10. The molecule has 0 aliphatic carbocycles. The van der Waals surface area contributed by atoms with Crippen LogP contribution in [0.2, 0.25) is 0 Å². The van der Waals surface area contributed by atoms with Crippen LogP contribution in [-0.2, 0) is 33.0 Å². The standard InChI is InChI=1S/C20H18F3N5O/c1-26-19(11-7-13(21)18(23)14(22)8-11)12-4-6-27(10-15(12)25-26)20(29)16-9-24-17-3-2-5-28(16)17/h7-9H,2-6,10H2,1H3. The van der Waals surface area contributed by atoms with Crippen molar-refractivity contribution in [3.8, 4) is 11.3 Å². The lowest BCUT2D eigenvalue weighted by Gasteiger charge is -2.26.